The summed E-state index contributed by atoms with van der Waals surface area (Å²) in [5.74, 6) is 0.430. The van der Waals surface area contributed by atoms with E-state index in [0.717, 1.165) is 27.8 Å². The first-order chi connectivity index (χ1) is 17.0. The highest BCUT2D eigenvalue weighted by Gasteiger charge is 2.24. The summed E-state index contributed by atoms with van der Waals surface area (Å²) in [7, 11) is 0. The third kappa shape index (κ3) is 5.91. The maximum atomic E-state index is 13.1. The quantitative estimate of drug-likeness (QED) is 0.324. The molecule has 0 fully saturated rings. The monoisotopic (exact) mass is 485 g/mol. The van der Waals surface area contributed by atoms with Gasteiger partial charge in [-0.2, -0.15) is 0 Å². The number of Topliss-reactive ketones (excluding diaryl/α,β-unsaturated/α-hetero) is 2. The van der Waals surface area contributed by atoms with Crippen molar-refractivity contribution in [3.05, 3.63) is 77.4 Å². The Morgan fingerprint density at radius 1 is 0.722 bits per heavy atom. The molecule has 0 aliphatic heterocycles. The lowest BCUT2D eigenvalue weighted by molar-refractivity contribution is 0.100. The average molecular weight is 486 g/mol. The van der Waals surface area contributed by atoms with Crippen molar-refractivity contribution < 1.29 is 19.1 Å². The number of ketones is 2. The van der Waals surface area contributed by atoms with E-state index in [0.29, 0.717) is 30.0 Å². The third-order valence-electron chi connectivity index (χ3n) is 6.37. The molecule has 0 aliphatic carbocycles. The normalized spacial score (nSPS) is 11.2. The van der Waals surface area contributed by atoms with Gasteiger partial charge in [0.1, 0.15) is 5.75 Å². The molecule has 0 N–H and O–H groups in total. The van der Waals surface area contributed by atoms with Crippen LogP contribution in [-0.2, 0) is 5.41 Å². The van der Waals surface area contributed by atoms with Gasteiger partial charge >= 0.3 is 6.09 Å². The van der Waals surface area contributed by atoms with Crippen LogP contribution in [0.5, 0.6) is 5.75 Å². The molecule has 0 unspecified atom stereocenters. The van der Waals surface area contributed by atoms with E-state index in [-0.39, 0.29) is 17.0 Å². The fourth-order valence-electron chi connectivity index (χ4n) is 4.00. The van der Waals surface area contributed by atoms with Gasteiger partial charge < -0.3 is 9.64 Å². The van der Waals surface area contributed by atoms with E-state index in [2.05, 4.69) is 32.9 Å². The Kier molecular flexibility index (Phi) is 8.13. The molecule has 0 radical (unpaired) electrons. The Morgan fingerprint density at radius 2 is 1.11 bits per heavy atom. The zero-order chi connectivity index (χ0) is 26.6. The Balaban J connectivity index is 2.32. The molecular weight excluding hydrogens is 450 g/mol. The lowest BCUT2D eigenvalue weighted by Crippen LogP contribution is -2.33. The Bertz CT molecular complexity index is 1180. The van der Waals surface area contributed by atoms with Crippen LogP contribution in [0.3, 0.4) is 0 Å². The highest BCUT2D eigenvalue weighted by Crippen LogP contribution is 2.43. The van der Waals surface area contributed by atoms with Crippen LogP contribution < -0.4 is 4.74 Å². The van der Waals surface area contributed by atoms with Gasteiger partial charge in [0.2, 0.25) is 0 Å². The van der Waals surface area contributed by atoms with Gasteiger partial charge in [-0.15, -0.1) is 0 Å². The van der Waals surface area contributed by atoms with E-state index in [9.17, 15) is 14.4 Å². The van der Waals surface area contributed by atoms with Crippen LogP contribution in [0.15, 0.2) is 60.7 Å². The van der Waals surface area contributed by atoms with Crippen molar-refractivity contribution in [3.63, 3.8) is 0 Å². The summed E-state index contributed by atoms with van der Waals surface area (Å²) in [6.45, 7) is 14.4. The van der Waals surface area contributed by atoms with Crippen molar-refractivity contribution in [2.75, 3.05) is 13.1 Å². The number of ether oxygens (including phenoxy) is 1. The minimum absolute atomic E-state index is 0.00979. The van der Waals surface area contributed by atoms with Gasteiger partial charge in [0.05, 0.1) is 0 Å². The number of rotatable bonds is 7. The van der Waals surface area contributed by atoms with E-state index >= 15 is 0 Å². The molecule has 188 valence electrons. The maximum absolute atomic E-state index is 13.1. The highest BCUT2D eigenvalue weighted by molar-refractivity contribution is 5.96. The molecule has 0 spiro atoms. The number of nitrogens with zero attached hydrogens (tertiary/aromatic N) is 1. The molecule has 36 heavy (non-hydrogen) atoms. The number of hydrogen-bond acceptors (Lipinski definition) is 4. The zero-order valence-electron chi connectivity index (χ0n) is 22.3. The van der Waals surface area contributed by atoms with Crippen molar-refractivity contribution in [2.24, 2.45) is 0 Å². The van der Waals surface area contributed by atoms with Crippen LogP contribution in [0.2, 0.25) is 0 Å². The summed E-state index contributed by atoms with van der Waals surface area (Å²) in [6.07, 6.45) is -0.424. The molecule has 3 rings (SSSR count). The number of amides is 1. The lowest BCUT2D eigenvalue weighted by atomic mass is 9.82. The topological polar surface area (TPSA) is 63.7 Å². The van der Waals surface area contributed by atoms with Gasteiger partial charge in [-0.05, 0) is 61.9 Å². The second-order valence-electron chi connectivity index (χ2n) is 9.96. The van der Waals surface area contributed by atoms with Crippen LogP contribution in [0.1, 0.15) is 74.7 Å². The van der Waals surface area contributed by atoms with Crippen LogP contribution in [0, 0.1) is 0 Å². The maximum Gasteiger partial charge on any atom is 0.415 e. The van der Waals surface area contributed by atoms with Crippen LogP contribution in [0.4, 0.5) is 4.79 Å². The summed E-state index contributed by atoms with van der Waals surface area (Å²) in [6, 6.07) is 18.8. The van der Waals surface area contributed by atoms with Crippen molar-refractivity contribution >= 4 is 17.7 Å². The molecule has 0 aromatic heterocycles. The summed E-state index contributed by atoms with van der Waals surface area (Å²) in [4.78, 5) is 38.4. The molecule has 3 aromatic rings. The van der Waals surface area contributed by atoms with E-state index in [4.69, 9.17) is 4.74 Å². The van der Waals surface area contributed by atoms with Crippen molar-refractivity contribution in [3.8, 4) is 28.0 Å². The minimum atomic E-state index is -0.424. The number of benzene rings is 3. The summed E-state index contributed by atoms with van der Waals surface area (Å²) < 4.78 is 6.11. The standard InChI is InChI=1S/C31H35NO4/c1-8-32(9-2)30(35)36-29-27(24-14-10-22(11-15-24)20(3)33)18-26(31(5,6)7)19-28(29)25-16-12-23(13-17-25)21(4)34/h10-19H,8-9H2,1-7H3. The smallest absolute Gasteiger partial charge is 0.409 e. The third-order valence-corrected chi connectivity index (χ3v) is 6.37. The molecule has 0 bridgehead atoms. The molecule has 5 nitrogen and oxygen atoms in total. The molecule has 1 amide bonds. The van der Waals surface area contributed by atoms with Crippen molar-refractivity contribution in [1.82, 2.24) is 4.90 Å². The van der Waals surface area contributed by atoms with Gasteiger partial charge in [0, 0.05) is 35.3 Å². The van der Waals surface area contributed by atoms with E-state index in [1.54, 1.807) is 29.2 Å². The van der Waals surface area contributed by atoms with Gasteiger partial charge in [0.25, 0.3) is 0 Å². The largest absolute Gasteiger partial charge is 0.415 e. The van der Waals surface area contributed by atoms with Gasteiger partial charge in [-0.1, -0.05) is 69.3 Å². The lowest BCUT2D eigenvalue weighted by Gasteiger charge is -2.26. The molecule has 0 aliphatic rings. The van der Waals surface area contributed by atoms with Crippen molar-refractivity contribution in [1.29, 1.82) is 0 Å². The first-order valence-corrected chi connectivity index (χ1v) is 12.3. The van der Waals surface area contributed by atoms with Gasteiger partial charge in [-0.3, -0.25) is 9.59 Å². The Morgan fingerprint density at radius 3 is 1.42 bits per heavy atom. The molecular formula is C31H35NO4. The molecule has 5 heteroatoms. The fourth-order valence-corrected chi connectivity index (χ4v) is 4.00. The molecule has 0 saturated carbocycles. The minimum Gasteiger partial charge on any atom is -0.409 e. The second-order valence-corrected chi connectivity index (χ2v) is 9.96. The number of carbonyl (C=O) groups excluding carboxylic acids is 3. The summed E-state index contributed by atoms with van der Waals surface area (Å²) in [5, 5.41) is 0. The first kappa shape index (κ1) is 26.9. The SMILES string of the molecule is CCN(CC)C(=O)Oc1c(-c2ccc(C(C)=O)cc2)cc(C(C)(C)C)cc1-c1ccc(C(C)=O)cc1. The molecule has 0 saturated heterocycles. The van der Waals surface area contributed by atoms with Gasteiger partial charge in [0.15, 0.2) is 11.6 Å². The summed E-state index contributed by atoms with van der Waals surface area (Å²) in [5.41, 5.74) is 5.35. The van der Waals surface area contributed by atoms with E-state index in [1.165, 1.54) is 13.8 Å². The van der Waals surface area contributed by atoms with E-state index in [1.807, 2.05) is 38.1 Å². The molecule has 0 atom stereocenters. The highest BCUT2D eigenvalue weighted by atomic mass is 16.6. The van der Waals surface area contributed by atoms with Gasteiger partial charge in [-0.25, -0.2) is 4.79 Å². The number of hydrogen-bond donors (Lipinski definition) is 0. The summed E-state index contributed by atoms with van der Waals surface area (Å²) >= 11 is 0. The number of carbonyl (C=O) groups is 3. The predicted octanol–water partition coefficient (Wildman–Crippen LogP) is 7.56. The second kappa shape index (κ2) is 10.9. The first-order valence-electron chi connectivity index (χ1n) is 12.3. The zero-order valence-corrected chi connectivity index (χ0v) is 22.3. The predicted molar refractivity (Wildman–Crippen MR) is 145 cm³/mol. The van der Waals surface area contributed by atoms with Crippen molar-refractivity contribution in [2.45, 2.75) is 53.9 Å². The van der Waals surface area contributed by atoms with E-state index < -0.39 is 6.09 Å². The molecule has 0 heterocycles. The Labute approximate surface area is 214 Å². The fraction of sp³-hybridized carbons (Fsp3) is 0.323. The Hall–Kier alpha value is -3.73. The van der Waals surface area contributed by atoms with Crippen LogP contribution in [-0.4, -0.2) is 35.6 Å². The van der Waals surface area contributed by atoms with Crippen LogP contribution in [0.25, 0.3) is 22.3 Å². The van der Waals surface area contributed by atoms with Crippen LogP contribution >= 0.6 is 0 Å². The average Bonchev–Trinajstić information content (AvgIpc) is 2.84. The molecule has 3 aromatic carbocycles.